The van der Waals surface area contributed by atoms with Gasteiger partial charge in [0, 0.05) is 18.0 Å². The first-order valence-corrected chi connectivity index (χ1v) is 10.5. The zero-order valence-corrected chi connectivity index (χ0v) is 17.0. The van der Waals surface area contributed by atoms with E-state index in [4.69, 9.17) is 15.7 Å². The number of benzene rings is 1. The van der Waals surface area contributed by atoms with Gasteiger partial charge in [0.25, 0.3) is 0 Å². The molecule has 1 rings (SSSR count). The first-order chi connectivity index (χ1) is 12.1. The molecule has 0 aliphatic heterocycles. The number of allylic oxidation sites excluding steroid dienone is 2. The van der Waals surface area contributed by atoms with Gasteiger partial charge >= 0.3 is 0 Å². The van der Waals surface area contributed by atoms with Crippen LogP contribution >= 0.6 is 11.8 Å². The van der Waals surface area contributed by atoms with E-state index in [9.17, 15) is 17.6 Å². The number of halogens is 1. The maximum absolute atomic E-state index is 14.1. The number of ether oxygens (including phenoxy) is 1. The molecule has 0 heterocycles. The van der Waals surface area contributed by atoms with Gasteiger partial charge in [0.2, 0.25) is 5.78 Å². The Morgan fingerprint density at radius 2 is 2.00 bits per heavy atom. The zero-order valence-electron chi connectivity index (χ0n) is 15.4. The molecule has 0 saturated heterocycles. The number of nitrogens with zero attached hydrogens (tertiary/aromatic N) is 1. The Hall–Kier alpha value is -2.05. The van der Waals surface area contributed by atoms with Crippen molar-refractivity contribution >= 4 is 27.4 Å². The number of nitrogens with two attached hydrogens (primary N) is 1. The predicted octanol–water partition coefficient (Wildman–Crippen LogP) is 3.25. The molecule has 0 fully saturated rings. The summed E-state index contributed by atoms with van der Waals surface area (Å²) in [6.45, 7) is 5.39. The van der Waals surface area contributed by atoms with E-state index >= 15 is 0 Å². The number of thioether (sulfide) groups is 1. The highest BCUT2D eigenvalue weighted by Crippen LogP contribution is 2.31. The summed E-state index contributed by atoms with van der Waals surface area (Å²) in [5, 5.41) is 8.76. The zero-order chi connectivity index (χ0) is 20.5. The Morgan fingerprint density at radius 1 is 1.42 bits per heavy atom. The lowest BCUT2D eigenvalue weighted by molar-refractivity contribution is 0.103. The fraction of sp³-hybridized carbons (Fsp3) is 0.412. The van der Waals surface area contributed by atoms with Gasteiger partial charge in [-0.1, -0.05) is 13.8 Å². The normalized spacial score (nSPS) is 12.8. The third-order valence-electron chi connectivity index (χ3n) is 3.08. The van der Waals surface area contributed by atoms with Crippen molar-refractivity contribution in [1.29, 1.82) is 5.26 Å². The van der Waals surface area contributed by atoms with Gasteiger partial charge in [-0.05, 0) is 19.1 Å². The summed E-state index contributed by atoms with van der Waals surface area (Å²) in [6, 6.07) is 5.45. The Balaban J connectivity index is 0.00000301. The van der Waals surface area contributed by atoms with Crippen LogP contribution < -0.4 is 10.5 Å². The van der Waals surface area contributed by atoms with Gasteiger partial charge in [0.15, 0.2) is 9.84 Å². The van der Waals surface area contributed by atoms with Gasteiger partial charge < -0.3 is 10.5 Å². The highest BCUT2D eigenvalue weighted by molar-refractivity contribution is 8.16. The number of nitriles is 1. The van der Waals surface area contributed by atoms with Gasteiger partial charge in [-0.25, -0.2) is 12.8 Å². The van der Waals surface area contributed by atoms with Crippen LogP contribution in [0.4, 0.5) is 4.39 Å². The quantitative estimate of drug-likeness (QED) is 0.550. The molecular weight excluding hydrogens is 379 g/mol. The summed E-state index contributed by atoms with van der Waals surface area (Å²) in [5.41, 5.74) is 5.36. The molecular formula is C17H23FN2O4S2. The van der Waals surface area contributed by atoms with E-state index < -0.39 is 26.0 Å². The molecule has 9 heteroatoms. The van der Waals surface area contributed by atoms with Crippen LogP contribution in [-0.2, 0) is 9.84 Å². The monoisotopic (exact) mass is 402 g/mol. The Kier molecular flexibility index (Phi) is 9.98. The van der Waals surface area contributed by atoms with Gasteiger partial charge in [-0.3, -0.25) is 4.79 Å². The molecule has 0 aliphatic rings. The van der Waals surface area contributed by atoms with Crippen LogP contribution in [0.2, 0.25) is 0 Å². The molecule has 2 N–H and O–H groups in total. The number of methoxy groups -OCH3 is 1. The average Bonchev–Trinajstić information content (AvgIpc) is 2.59. The first kappa shape index (κ1) is 23.9. The number of hydrogen-bond donors (Lipinski definition) is 1. The Labute approximate surface area is 158 Å². The van der Waals surface area contributed by atoms with Crippen LogP contribution in [0.25, 0.3) is 0 Å². The van der Waals surface area contributed by atoms with E-state index in [1.54, 1.807) is 6.07 Å². The van der Waals surface area contributed by atoms with Crippen molar-refractivity contribution in [3.63, 3.8) is 0 Å². The van der Waals surface area contributed by atoms with Gasteiger partial charge in [0.1, 0.15) is 16.1 Å². The molecule has 0 saturated carbocycles. The fourth-order valence-electron chi connectivity index (χ4n) is 1.62. The predicted molar refractivity (Wildman–Crippen MR) is 102 cm³/mol. The van der Waals surface area contributed by atoms with E-state index in [1.807, 2.05) is 13.8 Å². The molecule has 6 nitrogen and oxygen atoms in total. The first-order valence-electron chi connectivity index (χ1n) is 7.71. The van der Waals surface area contributed by atoms with E-state index in [0.717, 1.165) is 12.3 Å². The van der Waals surface area contributed by atoms with E-state index in [2.05, 4.69) is 0 Å². The van der Waals surface area contributed by atoms with Crippen molar-refractivity contribution in [1.82, 2.24) is 0 Å². The molecule has 26 heavy (non-hydrogen) atoms. The maximum Gasteiger partial charge on any atom is 0.204 e. The minimum atomic E-state index is -3.46. The lowest BCUT2D eigenvalue weighted by atomic mass is 10.1. The SMILES string of the molecule is CC.COc1ccc(C(=O)/C(SC(C)S(C)(=O)=O)=C(\N)CC#N)c(F)c1. The minimum absolute atomic E-state index is 0.0989. The topological polar surface area (TPSA) is 110 Å². The van der Waals surface area contributed by atoms with Crippen LogP contribution in [0.15, 0.2) is 28.8 Å². The third kappa shape index (κ3) is 6.69. The van der Waals surface area contributed by atoms with Crippen molar-refractivity contribution in [2.75, 3.05) is 13.4 Å². The number of hydrogen-bond acceptors (Lipinski definition) is 7. The lowest BCUT2D eigenvalue weighted by Crippen LogP contribution is -2.17. The highest BCUT2D eigenvalue weighted by atomic mass is 32.3. The number of ketones is 1. The van der Waals surface area contributed by atoms with Crippen LogP contribution in [0.3, 0.4) is 0 Å². The van der Waals surface area contributed by atoms with E-state index in [0.29, 0.717) is 11.8 Å². The summed E-state index contributed by atoms with van der Waals surface area (Å²) in [7, 11) is -2.10. The maximum atomic E-state index is 14.1. The van der Waals surface area contributed by atoms with E-state index in [-0.39, 0.29) is 28.3 Å². The molecule has 1 unspecified atom stereocenters. The number of sulfone groups is 1. The molecule has 0 bridgehead atoms. The van der Waals surface area contributed by atoms with Crippen molar-refractivity contribution in [3.8, 4) is 11.8 Å². The largest absolute Gasteiger partial charge is 0.497 e. The van der Waals surface area contributed by atoms with Gasteiger partial charge in [-0.2, -0.15) is 5.26 Å². The van der Waals surface area contributed by atoms with Gasteiger partial charge in [0.05, 0.1) is 30.1 Å². The third-order valence-corrected chi connectivity index (χ3v) is 6.63. The van der Waals surface area contributed by atoms with Crippen molar-refractivity contribution in [2.24, 2.45) is 5.73 Å². The number of rotatable bonds is 7. The standard InChI is InChI=1S/C15H17FN2O4S2.C2H6/c1-9(24(3,20)21)23-15(13(18)6-7-17)14(19)11-5-4-10(22-2)8-12(11)16;1-2/h4-5,8-9H,6,18H2,1-3H3;1-2H3/b15-13+;. The number of carbonyl (C=O) groups excluding carboxylic acids is 1. The van der Waals surface area contributed by atoms with Crippen molar-refractivity contribution in [2.45, 2.75) is 31.8 Å². The summed E-state index contributed by atoms with van der Waals surface area (Å²) in [4.78, 5) is 12.4. The van der Waals surface area contributed by atoms with Crippen LogP contribution in [0.5, 0.6) is 5.75 Å². The Morgan fingerprint density at radius 3 is 2.42 bits per heavy atom. The highest BCUT2D eigenvalue weighted by Gasteiger charge is 2.26. The summed E-state index contributed by atoms with van der Waals surface area (Å²) in [6.07, 6.45) is 0.740. The lowest BCUT2D eigenvalue weighted by Gasteiger charge is -2.14. The van der Waals surface area contributed by atoms with Gasteiger partial charge in [-0.15, -0.1) is 11.8 Å². The molecule has 1 atom stereocenters. The second-order valence-corrected chi connectivity index (χ2v) is 8.89. The van der Waals surface area contributed by atoms with Crippen molar-refractivity contribution in [3.05, 3.63) is 40.2 Å². The fourth-order valence-corrected chi connectivity index (χ4v) is 3.38. The Bertz CT molecular complexity index is 815. The second-order valence-electron chi connectivity index (χ2n) is 4.88. The number of carbonyl (C=O) groups is 1. The van der Waals surface area contributed by atoms with Crippen molar-refractivity contribution < 1.29 is 22.3 Å². The summed E-state index contributed by atoms with van der Waals surface area (Å²) < 4.78 is 41.2. The van der Waals surface area contributed by atoms with E-state index in [1.165, 1.54) is 26.2 Å². The smallest absolute Gasteiger partial charge is 0.204 e. The minimum Gasteiger partial charge on any atom is -0.497 e. The molecule has 0 aromatic heterocycles. The van der Waals surface area contributed by atoms with Crippen LogP contribution in [0, 0.1) is 17.1 Å². The molecule has 0 radical (unpaired) electrons. The number of Topliss-reactive ketones (excluding diaryl/α,β-unsaturated/α-hetero) is 1. The molecule has 0 spiro atoms. The molecule has 0 aliphatic carbocycles. The second kappa shape index (κ2) is 10.8. The summed E-state index contributed by atoms with van der Waals surface area (Å²) in [5.74, 6) is -1.37. The molecule has 144 valence electrons. The molecule has 0 amide bonds. The molecule has 1 aromatic carbocycles. The molecule has 1 aromatic rings. The van der Waals surface area contributed by atoms with Crippen LogP contribution in [0.1, 0.15) is 37.6 Å². The summed E-state index contributed by atoms with van der Waals surface area (Å²) >= 11 is 0.689. The average molecular weight is 403 g/mol. The van der Waals surface area contributed by atoms with Crippen LogP contribution in [-0.4, -0.2) is 32.1 Å².